The van der Waals surface area contributed by atoms with E-state index in [1.54, 1.807) is 11.0 Å². The maximum absolute atomic E-state index is 12.4. The van der Waals surface area contributed by atoms with Crippen molar-refractivity contribution < 1.29 is 19.5 Å². The van der Waals surface area contributed by atoms with Gasteiger partial charge in [0, 0.05) is 19.6 Å². The van der Waals surface area contributed by atoms with Gasteiger partial charge >= 0.3 is 5.97 Å². The molecule has 2 fully saturated rings. The van der Waals surface area contributed by atoms with Gasteiger partial charge < -0.3 is 20.6 Å². The van der Waals surface area contributed by atoms with Crippen LogP contribution in [0.15, 0.2) is 12.2 Å². The molecule has 0 aromatic heterocycles. The zero-order valence-electron chi connectivity index (χ0n) is 14.9. The van der Waals surface area contributed by atoms with E-state index < -0.39 is 11.9 Å². The Morgan fingerprint density at radius 2 is 2.04 bits per heavy atom. The third kappa shape index (κ3) is 5.88. The average Bonchev–Trinajstić information content (AvgIpc) is 2.67. The van der Waals surface area contributed by atoms with E-state index >= 15 is 0 Å². The molecule has 0 saturated carbocycles. The molecule has 2 atom stereocenters. The van der Waals surface area contributed by atoms with Crippen LogP contribution in [0, 0.1) is 30.1 Å². The van der Waals surface area contributed by atoms with E-state index in [0.29, 0.717) is 25.4 Å². The monoisotopic (exact) mass is 361 g/mol. The molecule has 0 bridgehead atoms. The number of carbonyl (C=O) groups excluding carboxylic acids is 2. The molecule has 142 valence electrons. The van der Waals surface area contributed by atoms with E-state index in [4.69, 9.17) is 11.5 Å². The summed E-state index contributed by atoms with van der Waals surface area (Å²) in [4.78, 5) is 37.3. The second-order valence-corrected chi connectivity index (χ2v) is 6.87. The number of aliphatic carboxylic acids is 1. The number of nitrogens with one attached hydrogen (secondary N) is 2. The summed E-state index contributed by atoms with van der Waals surface area (Å²) in [7, 11) is 0. The van der Waals surface area contributed by atoms with Crippen LogP contribution in [0.25, 0.3) is 0 Å². The first-order chi connectivity index (χ1) is 12.5. The number of carboxylic acids is 1. The lowest BCUT2D eigenvalue weighted by atomic mass is 9.96. The molecule has 2 saturated heterocycles. The van der Waals surface area contributed by atoms with Crippen molar-refractivity contribution in [2.75, 3.05) is 32.7 Å². The minimum absolute atomic E-state index is 0.0620. The number of rotatable bonds is 6. The lowest BCUT2D eigenvalue weighted by Crippen LogP contribution is -2.46. The number of carboxylic acid groups (broad SMARTS) is 1. The molecule has 0 aromatic rings. The molecule has 2 aliphatic heterocycles. The van der Waals surface area contributed by atoms with Gasteiger partial charge in [0.1, 0.15) is 5.92 Å². The summed E-state index contributed by atoms with van der Waals surface area (Å²) in [6, 6.07) is 0. The van der Waals surface area contributed by atoms with Gasteiger partial charge in [-0.25, -0.2) is 0 Å². The zero-order chi connectivity index (χ0) is 18.9. The van der Waals surface area contributed by atoms with E-state index in [-0.39, 0.29) is 24.3 Å². The fourth-order valence-corrected chi connectivity index (χ4v) is 3.32. The molecule has 7 heteroatoms. The largest absolute Gasteiger partial charge is 0.480 e. The van der Waals surface area contributed by atoms with Crippen LogP contribution in [0.4, 0.5) is 0 Å². The van der Waals surface area contributed by atoms with Gasteiger partial charge in [0.25, 0.3) is 0 Å². The van der Waals surface area contributed by atoms with Gasteiger partial charge in [-0.1, -0.05) is 12.0 Å². The maximum Gasteiger partial charge on any atom is 0.320 e. The molecule has 0 aromatic carbocycles. The van der Waals surface area contributed by atoms with Gasteiger partial charge in [-0.2, -0.15) is 0 Å². The van der Waals surface area contributed by atoms with E-state index in [0.717, 1.165) is 32.4 Å². The highest BCUT2D eigenvalue weighted by Crippen LogP contribution is 2.18. The highest BCUT2D eigenvalue weighted by Gasteiger charge is 2.28. The Bertz CT molecular complexity index is 590. The Kier molecular flexibility index (Phi) is 7.67. The fraction of sp³-hybridized carbons (Fsp3) is 0.632. The lowest BCUT2D eigenvalue weighted by molar-refractivity contribution is -0.139. The molecular weight excluding hydrogens is 334 g/mol. The third-order valence-electron chi connectivity index (χ3n) is 4.98. The first-order valence-electron chi connectivity index (χ1n) is 9.15. The van der Waals surface area contributed by atoms with Gasteiger partial charge in [-0.05, 0) is 50.8 Å². The van der Waals surface area contributed by atoms with Gasteiger partial charge in [-0.3, -0.25) is 14.4 Å². The van der Waals surface area contributed by atoms with Gasteiger partial charge in [-0.15, -0.1) is 6.42 Å². The smallest absolute Gasteiger partial charge is 0.320 e. The number of allylic oxidation sites excluding steroid dienone is 1. The minimum atomic E-state index is -1.13. The Balaban J connectivity index is 1.82. The van der Waals surface area contributed by atoms with E-state index in [1.165, 1.54) is 0 Å². The van der Waals surface area contributed by atoms with E-state index in [2.05, 4.69) is 16.6 Å². The van der Waals surface area contributed by atoms with Crippen molar-refractivity contribution in [3.05, 3.63) is 12.2 Å². The van der Waals surface area contributed by atoms with Gasteiger partial charge in [0.2, 0.25) is 11.8 Å². The van der Waals surface area contributed by atoms with Crippen molar-refractivity contribution in [1.82, 2.24) is 15.5 Å². The lowest BCUT2D eigenvalue weighted by Gasteiger charge is -2.31. The summed E-state index contributed by atoms with van der Waals surface area (Å²) in [6.07, 6.45) is 12.3. The Morgan fingerprint density at radius 1 is 1.31 bits per heavy atom. The molecular formula is C19H27N3O4. The first kappa shape index (κ1) is 20.0. The molecule has 26 heavy (non-hydrogen) atoms. The Hall–Kier alpha value is -2.33. The number of nitrogens with zero attached hydrogens (tertiary/aromatic N) is 1. The standard InChI is InChI=1S/C19H27N3O4/c1-2-15(19(25)26)12-21-18(24)16-4-3-11-22(13-16)17(23)6-5-14-7-9-20-10-8-14/h1,5-6,14-16,20H,3-4,7-13H2,(H,21,24)(H,25,26)/b6-5+/t15-,16+/m0/s1. The molecule has 0 radical (unpaired) electrons. The SMILES string of the molecule is C#C[C@@H](CNC(=O)[C@@H]1CCCN(C(=O)/C=C/C2CCNCC2)C1)C(=O)O. The van der Waals surface area contributed by atoms with Crippen LogP contribution in [-0.2, 0) is 14.4 Å². The molecule has 2 aliphatic rings. The molecule has 0 unspecified atom stereocenters. The van der Waals surface area contributed by atoms with Crippen LogP contribution in [0.1, 0.15) is 25.7 Å². The first-order valence-corrected chi connectivity index (χ1v) is 9.15. The molecule has 0 aliphatic carbocycles. The highest BCUT2D eigenvalue weighted by molar-refractivity contribution is 5.88. The number of hydrogen-bond donors (Lipinski definition) is 3. The quantitative estimate of drug-likeness (QED) is 0.465. The summed E-state index contributed by atoms with van der Waals surface area (Å²) in [5, 5.41) is 14.8. The van der Waals surface area contributed by atoms with Crippen molar-refractivity contribution in [2.45, 2.75) is 25.7 Å². The number of amides is 2. The van der Waals surface area contributed by atoms with Crippen molar-refractivity contribution >= 4 is 17.8 Å². The highest BCUT2D eigenvalue weighted by atomic mass is 16.4. The van der Waals surface area contributed by atoms with Crippen LogP contribution in [-0.4, -0.2) is 60.5 Å². The predicted octanol–water partition coefficient (Wildman–Crippen LogP) is 0.231. The summed E-state index contributed by atoms with van der Waals surface area (Å²) in [5.41, 5.74) is 0. The Morgan fingerprint density at radius 3 is 2.69 bits per heavy atom. The minimum Gasteiger partial charge on any atom is -0.480 e. The molecule has 0 spiro atoms. The fourth-order valence-electron chi connectivity index (χ4n) is 3.32. The predicted molar refractivity (Wildman–Crippen MR) is 97.0 cm³/mol. The summed E-state index contributed by atoms with van der Waals surface area (Å²) < 4.78 is 0. The van der Waals surface area contributed by atoms with Crippen molar-refractivity contribution in [2.24, 2.45) is 17.8 Å². The van der Waals surface area contributed by atoms with E-state index in [9.17, 15) is 14.4 Å². The van der Waals surface area contributed by atoms with E-state index in [1.807, 2.05) is 6.08 Å². The van der Waals surface area contributed by atoms with Crippen molar-refractivity contribution in [3.63, 3.8) is 0 Å². The molecule has 2 amide bonds. The maximum atomic E-state index is 12.4. The zero-order valence-corrected chi connectivity index (χ0v) is 14.9. The molecule has 3 N–H and O–H groups in total. The second kappa shape index (κ2) is 9.97. The summed E-state index contributed by atoms with van der Waals surface area (Å²) in [5.74, 6) is -0.222. The van der Waals surface area contributed by atoms with Crippen molar-refractivity contribution in [3.8, 4) is 12.3 Å². The third-order valence-corrected chi connectivity index (χ3v) is 4.98. The number of terminal acetylenes is 1. The van der Waals surface area contributed by atoms with Gasteiger partial charge in [0.05, 0.1) is 5.92 Å². The van der Waals surface area contributed by atoms with Gasteiger partial charge in [0.15, 0.2) is 0 Å². The van der Waals surface area contributed by atoms with Crippen LogP contribution in [0.2, 0.25) is 0 Å². The normalized spacial score (nSPS) is 22.6. The average molecular weight is 361 g/mol. The molecule has 2 rings (SSSR count). The number of piperidine rings is 2. The summed E-state index contributed by atoms with van der Waals surface area (Å²) >= 11 is 0. The number of carbonyl (C=O) groups is 3. The summed E-state index contributed by atoms with van der Waals surface area (Å²) in [6.45, 7) is 2.86. The second-order valence-electron chi connectivity index (χ2n) is 6.87. The van der Waals surface area contributed by atoms with Crippen LogP contribution < -0.4 is 10.6 Å². The van der Waals surface area contributed by atoms with Crippen LogP contribution in [0.5, 0.6) is 0 Å². The van der Waals surface area contributed by atoms with Crippen LogP contribution >= 0.6 is 0 Å². The molecule has 7 nitrogen and oxygen atoms in total. The van der Waals surface area contributed by atoms with Crippen molar-refractivity contribution in [1.29, 1.82) is 0 Å². The molecule has 2 heterocycles. The van der Waals surface area contributed by atoms with Crippen LogP contribution in [0.3, 0.4) is 0 Å². The number of likely N-dealkylation sites (tertiary alicyclic amines) is 1. The number of hydrogen-bond acceptors (Lipinski definition) is 4. The topological polar surface area (TPSA) is 98.7 Å². The Labute approximate surface area is 154 Å².